The molecule has 2 unspecified atom stereocenters. The minimum absolute atomic E-state index is 0.778. The first-order valence-electron chi connectivity index (χ1n) is 5.60. The van der Waals surface area contributed by atoms with Crippen molar-refractivity contribution in [2.45, 2.75) is 39.3 Å². The summed E-state index contributed by atoms with van der Waals surface area (Å²) in [7, 11) is 0. The fourth-order valence-corrected chi connectivity index (χ4v) is 1.81. The zero-order valence-electron chi connectivity index (χ0n) is 9.09. The molecule has 1 saturated carbocycles. The summed E-state index contributed by atoms with van der Waals surface area (Å²) in [5.74, 6) is 0.893. The second-order valence-corrected chi connectivity index (χ2v) is 4.37. The number of aryl methyl sites for hydroxylation is 1. The van der Waals surface area contributed by atoms with Crippen LogP contribution in [0.3, 0.4) is 0 Å². The van der Waals surface area contributed by atoms with Gasteiger partial charge in [0.15, 0.2) is 0 Å². The molecule has 1 N–H and O–H groups in total. The SMILES string of the molecule is CCc1cccc(CNC2CC2C)c1. The molecule has 0 amide bonds. The van der Waals surface area contributed by atoms with Crippen LogP contribution in [0.1, 0.15) is 31.4 Å². The van der Waals surface area contributed by atoms with Crippen LogP contribution in [0, 0.1) is 5.92 Å². The van der Waals surface area contributed by atoms with E-state index in [0.29, 0.717) is 0 Å². The standard InChI is InChI=1S/C13H19N/c1-3-11-5-4-6-12(8-11)9-14-13-7-10(13)2/h4-6,8,10,13-14H,3,7,9H2,1-2H3. The summed E-state index contributed by atoms with van der Waals surface area (Å²) in [6.45, 7) is 5.54. The van der Waals surface area contributed by atoms with Gasteiger partial charge in [0.1, 0.15) is 0 Å². The van der Waals surface area contributed by atoms with Gasteiger partial charge in [0.05, 0.1) is 0 Å². The average molecular weight is 189 g/mol. The van der Waals surface area contributed by atoms with Gasteiger partial charge in [0.2, 0.25) is 0 Å². The second-order valence-electron chi connectivity index (χ2n) is 4.37. The zero-order chi connectivity index (χ0) is 9.97. The molecule has 0 saturated heterocycles. The lowest BCUT2D eigenvalue weighted by Gasteiger charge is -2.05. The Morgan fingerprint density at radius 2 is 2.07 bits per heavy atom. The Bertz CT molecular complexity index is 306. The molecule has 1 aliphatic carbocycles. The summed E-state index contributed by atoms with van der Waals surface area (Å²) in [4.78, 5) is 0. The lowest BCUT2D eigenvalue weighted by Crippen LogP contribution is -2.16. The molecule has 76 valence electrons. The van der Waals surface area contributed by atoms with Gasteiger partial charge in [0.25, 0.3) is 0 Å². The van der Waals surface area contributed by atoms with Crippen molar-refractivity contribution in [1.29, 1.82) is 0 Å². The summed E-state index contributed by atoms with van der Waals surface area (Å²) in [5, 5.41) is 3.57. The molecular formula is C13H19N. The largest absolute Gasteiger partial charge is 0.310 e. The third-order valence-electron chi connectivity index (χ3n) is 3.08. The normalized spacial score (nSPS) is 25.0. The quantitative estimate of drug-likeness (QED) is 0.768. The van der Waals surface area contributed by atoms with E-state index in [0.717, 1.165) is 24.9 Å². The van der Waals surface area contributed by atoms with Crippen molar-refractivity contribution in [2.24, 2.45) is 5.92 Å². The lowest BCUT2D eigenvalue weighted by molar-refractivity contribution is 0.652. The van der Waals surface area contributed by atoms with Crippen molar-refractivity contribution in [2.75, 3.05) is 0 Å². The van der Waals surface area contributed by atoms with Gasteiger partial charge < -0.3 is 5.32 Å². The van der Waals surface area contributed by atoms with Gasteiger partial charge in [-0.25, -0.2) is 0 Å². The molecule has 1 nitrogen and oxygen atoms in total. The predicted octanol–water partition coefficient (Wildman–Crippen LogP) is 2.75. The van der Waals surface area contributed by atoms with Crippen LogP contribution in [0.2, 0.25) is 0 Å². The Morgan fingerprint density at radius 1 is 1.36 bits per heavy atom. The van der Waals surface area contributed by atoms with E-state index in [1.807, 2.05) is 0 Å². The molecule has 0 heterocycles. The van der Waals surface area contributed by atoms with E-state index in [-0.39, 0.29) is 0 Å². The Morgan fingerprint density at radius 3 is 2.71 bits per heavy atom. The molecule has 0 spiro atoms. The molecule has 2 rings (SSSR count). The maximum absolute atomic E-state index is 3.57. The molecule has 1 aromatic carbocycles. The van der Waals surface area contributed by atoms with Crippen LogP contribution in [0.15, 0.2) is 24.3 Å². The van der Waals surface area contributed by atoms with E-state index in [4.69, 9.17) is 0 Å². The van der Waals surface area contributed by atoms with E-state index < -0.39 is 0 Å². The van der Waals surface area contributed by atoms with E-state index >= 15 is 0 Å². The van der Waals surface area contributed by atoms with E-state index in [2.05, 4.69) is 43.4 Å². The topological polar surface area (TPSA) is 12.0 Å². The lowest BCUT2D eigenvalue weighted by atomic mass is 10.1. The summed E-state index contributed by atoms with van der Waals surface area (Å²) in [6, 6.07) is 9.65. The van der Waals surface area contributed by atoms with Gasteiger partial charge in [-0.05, 0) is 29.9 Å². The smallest absolute Gasteiger partial charge is 0.0208 e. The predicted molar refractivity (Wildman–Crippen MR) is 60.2 cm³/mol. The van der Waals surface area contributed by atoms with Crippen LogP contribution in [-0.4, -0.2) is 6.04 Å². The number of rotatable bonds is 4. The minimum Gasteiger partial charge on any atom is -0.310 e. The summed E-state index contributed by atoms with van der Waals surface area (Å²) >= 11 is 0. The fraction of sp³-hybridized carbons (Fsp3) is 0.538. The van der Waals surface area contributed by atoms with Crippen molar-refractivity contribution in [3.05, 3.63) is 35.4 Å². The highest BCUT2D eigenvalue weighted by atomic mass is 15.0. The van der Waals surface area contributed by atoms with Crippen LogP contribution >= 0.6 is 0 Å². The second kappa shape index (κ2) is 4.14. The van der Waals surface area contributed by atoms with Crippen molar-refractivity contribution >= 4 is 0 Å². The van der Waals surface area contributed by atoms with Gasteiger partial charge in [-0.2, -0.15) is 0 Å². The van der Waals surface area contributed by atoms with Crippen molar-refractivity contribution in [3.63, 3.8) is 0 Å². The van der Waals surface area contributed by atoms with Gasteiger partial charge in [-0.15, -0.1) is 0 Å². The van der Waals surface area contributed by atoms with Crippen molar-refractivity contribution in [3.8, 4) is 0 Å². The van der Waals surface area contributed by atoms with Crippen molar-refractivity contribution in [1.82, 2.24) is 5.32 Å². The molecule has 1 fully saturated rings. The van der Waals surface area contributed by atoms with E-state index in [9.17, 15) is 0 Å². The monoisotopic (exact) mass is 189 g/mol. The highest BCUT2D eigenvalue weighted by Gasteiger charge is 2.31. The van der Waals surface area contributed by atoms with Gasteiger partial charge in [-0.3, -0.25) is 0 Å². The Balaban J connectivity index is 1.88. The highest BCUT2D eigenvalue weighted by Crippen LogP contribution is 2.29. The summed E-state index contributed by atoms with van der Waals surface area (Å²) in [6.07, 6.45) is 2.49. The average Bonchev–Trinajstić information content (AvgIpc) is 2.92. The molecule has 0 aliphatic heterocycles. The highest BCUT2D eigenvalue weighted by molar-refractivity contribution is 5.23. The van der Waals surface area contributed by atoms with Crippen LogP contribution in [0.5, 0.6) is 0 Å². The third kappa shape index (κ3) is 2.36. The molecule has 0 radical (unpaired) electrons. The molecule has 1 aliphatic rings. The van der Waals surface area contributed by atoms with Gasteiger partial charge in [0, 0.05) is 12.6 Å². The maximum Gasteiger partial charge on any atom is 0.0208 e. The number of benzene rings is 1. The van der Waals surface area contributed by atoms with E-state index in [1.165, 1.54) is 17.5 Å². The third-order valence-corrected chi connectivity index (χ3v) is 3.08. The first-order chi connectivity index (χ1) is 6.79. The minimum atomic E-state index is 0.778. The molecule has 1 heteroatoms. The fourth-order valence-electron chi connectivity index (χ4n) is 1.81. The van der Waals surface area contributed by atoms with Gasteiger partial charge in [-0.1, -0.05) is 38.1 Å². The van der Waals surface area contributed by atoms with E-state index in [1.54, 1.807) is 0 Å². The zero-order valence-corrected chi connectivity index (χ0v) is 9.09. The maximum atomic E-state index is 3.57. The number of hydrogen-bond acceptors (Lipinski definition) is 1. The summed E-state index contributed by atoms with van der Waals surface area (Å²) in [5.41, 5.74) is 2.86. The Hall–Kier alpha value is -0.820. The number of nitrogens with one attached hydrogen (secondary N) is 1. The first kappa shape index (κ1) is 9.72. The molecule has 2 atom stereocenters. The van der Waals surface area contributed by atoms with Crippen molar-refractivity contribution < 1.29 is 0 Å². The van der Waals surface area contributed by atoms with Crippen LogP contribution < -0.4 is 5.32 Å². The summed E-state index contributed by atoms with van der Waals surface area (Å²) < 4.78 is 0. The Kier molecular flexibility index (Phi) is 2.87. The van der Waals surface area contributed by atoms with Crippen LogP contribution in [0.25, 0.3) is 0 Å². The van der Waals surface area contributed by atoms with Crippen LogP contribution in [0.4, 0.5) is 0 Å². The van der Waals surface area contributed by atoms with Gasteiger partial charge >= 0.3 is 0 Å². The molecule has 0 aromatic heterocycles. The number of hydrogen-bond donors (Lipinski definition) is 1. The Labute approximate surface area is 86.5 Å². The molecular weight excluding hydrogens is 170 g/mol. The molecule has 1 aromatic rings. The first-order valence-corrected chi connectivity index (χ1v) is 5.60. The molecule has 0 bridgehead atoms. The molecule has 14 heavy (non-hydrogen) atoms. The van der Waals surface area contributed by atoms with Crippen LogP contribution in [-0.2, 0) is 13.0 Å².